The van der Waals surface area contributed by atoms with Gasteiger partial charge < -0.3 is 16.4 Å². The summed E-state index contributed by atoms with van der Waals surface area (Å²) in [5, 5.41) is 6.35. The second kappa shape index (κ2) is 12.3. The quantitative estimate of drug-likeness (QED) is 0.642. The molecule has 1 aromatic carbocycles. The fraction of sp³-hybridized carbons (Fsp3) is 0.600. The summed E-state index contributed by atoms with van der Waals surface area (Å²) in [6, 6.07) is 8.33. The molecule has 1 aromatic rings. The molecule has 158 valence electrons. The number of nitrogens with zero attached hydrogens (tertiary/aromatic N) is 1. The van der Waals surface area contributed by atoms with Crippen molar-refractivity contribution in [1.82, 2.24) is 15.5 Å². The average molecular weight is 431 g/mol. The molecule has 2 heterocycles. The Morgan fingerprint density at radius 3 is 2.61 bits per heavy atom. The zero-order chi connectivity index (χ0) is 18.4. The third-order valence-electron chi connectivity index (χ3n) is 5.44. The maximum Gasteiger partial charge on any atom is 0.224 e. The smallest absolute Gasteiger partial charge is 0.224 e. The predicted molar refractivity (Wildman–Crippen MR) is 116 cm³/mol. The second-order valence-electron chi connectivity index (χ2n) is 7.56. The first-order valence-electron chi connectivity index (χ1n) is 9.70. The highest BCUT2D eigenvalue weighted by atomic mass is 35.5. The Kier molecular flexibility index (Phi) is 10.8. The van der Waals surface area contributed by atoms with Crippen molar-refractivity contribution in [2.75, 3.05) is 26.2 Å². The van der Waals surface area contributed by atoms with Crippen molar-refractivity contribution in [3.63, 3.8) is 0 Å². The molecular weight excluding hydrogens is 399 g/mol. The number of piperidine rings is 2. The molecule has 4 N–H and O–H groups in total. The van der Waals surface area contributed by atoms with Crippen molar-refractivity contribution in [3.05, 3.63) is 35.4 Å². The van der Waals surface area contributed by atoms with Crippen LogP contribution in [-0.4, -0.2) is 42.9 Å². The van der Waals surface area contributed by atoms with Crippen LogP contribution >= 0.6 is 24.8 Å². The van der Waals surface area contributed by atoms with E-state index in [1.165, 1.54) is 5.56 Å². The standard InChI is InChI=1S/C20H30N4O2.2ClH/c21-19(25)18-7-3-9-24(14-18)13-16-5-1-4-15(10-16)11-23-20(26)17-6-2-8-22-12-17;;/h1,4-5,10,17-18,22H,2-3,6-9,11-14H2,(H2,21,25)(H,23,26);2*1H. The number of benzene rings is 1. The Labute approximate surface area is 179 Å². The summed E-state index contributed by atoms with van der Waals surface area (Å²) in [7, 11) is 0. The molecule has 8 heteroatoms. The van der Waals surface area contributed by atoms with Gasteiger partial charge >= 0.3 is 0 Å². The Bertz CT molecular complexity index is 638. The molecule has 2 fully saturated rings. The minimum atomic E-state index is -0.191. The SMILES string of the molecule is Cl.Cl.NC(=O)C1CCCN(Cc2cccc(CNC(=O)C3CCCNC3)c2)C1. The summed E-state index contributed by atoms with van der Waals surface area (Å²) < 4.78 is 0. The highest BCUT2D eigenvalue weighted by Gasteiger charge is 2.24. The number of nitrogens with one attached hydrogen (secondary N) is 2. The van der Waals surface area contributed by atoms with E-state index in [4.69, 9.17) is 5.73 Å². The van der Waals surface area contributed by atoms with E-state index in [2.05, 4.69) is 27.7 Å². The van der Waals surface area contributed by atoms with Crippen LogP contribution in [0, 0.1) is 11.8 Å². The van der Waals surface area contributed by atoms with Crippen molar-refractivity contribution in [1.29, 1.82) is 0 Å². The summed E-state index contributed by atoms with van der Waals surface area (Å²) >= 11 is 0. The van der Waals surface area contributed by atoms with Gasteiger partial charge in [-0.1, -0.05) is 24.3 Å². The molecule has 0 saturated carbocycles. The summed E-state index contributed by atoms with van der Waals surface area (Å²) in [6.07, 6.45) is 3.94. The van der Waals surface area contributed by atoms with Crippen LogP contribution in [0.2, 0.25) is 0 Å². The van der Waals surface area contributed by atoms with Crippen LogP contribution in [0.15, 0.2) is 24.3 Å². The molecule has 2 unspecified atom stereocenters. The van der Waals surface area contributed by atoms with Crippen molar-refractivity contribution in [2.45, 2.75) is 38.8 Å². The Morgan fingerprint density at radius 1 is 1.14 bits per heavy atom. The first kappa shape index (κ1) is 24.7. The van der Waals surface area contributed by atoms with E-state index in [0.29, 0.717) is 6.54 Å². The number of halogens is 2. The number of likely N-dealkylation sites (tertiary alicyclic amines) is 1. The highest BCUT2D eigenvalue weighted by Crippen LogP contribution is 2.19. The van der Waals surface area contributed by atoms with Crippen molar-refractivity contribution < 1.29 is 9.59 Å². The average Bonchev–Trinajstić information content (AvgIpc) is 2.67. The van der Waals surface area contributed by atoms with Crippen molar-refractivity contribution in [3.8, 4) is 0 Å². The molecule has 2 saturated heterocycles. The lowest BCUT2D eigenvalue weighted by Gasteiger charge is -2.31. The number of nitrogens with two attached hydrogens (primary N) is 1. The summed E-state index contributed by atoms with van der Waals surface area (Å²) in [4.78, 5) is 26.0. The van der Waals surface area contributed by atoms with Crippen LogP contribution in [0.3, 0.4) is 0 Å². The van der Waals surface area contributed by atoms with Gasteiger partial charge in [0.05, 0.1) is 11.8 Å². The van der Waals surface area contributed by atoms with Gasteiger partial charge in [0.2, 0.25) is 11.8 Å². The molecule has 2 amide bonds. The van der Waals surface area contributed by atoms with Gasteiger partial charge in [-0.15, -0.1) is 24.8 Å². The van der Waals surface area contributed by atoms with Crippen LogP contribution in [-0.2, 0) is 22.7 Å². The van der Waals surface area contributed by atoms with Crippen LogP contribution in [0.25, 0.3) is 0 Å². The number of hydrogen-bond donors (Lipinski definition) is 3. The van der Waals surface area contributed by atoms with E-state index < -0.39 is 0 Å². The topological polar surface area (TPSA) is 87.5 Å². The van der Waals surface area contributed by atoms with Crippen LogP contribution in [0.4, 0.5) is 0 Å². The van der Waals surface area contributed by atoms with Gasteiger partial charge in [0.15, 0.2) is 0 Å². The zero-order valence-electron chi connectivity index (χ0n) is 16.2. The zero-order valence-corrected chi connectivity index (χ0v) is 17.8. The third kappa shape index (κ3) is 7.24. The first-order valence-corrected chi connectivity index (χ1v) is 9.70. The van der Waals surface area contributed by atoms with E-state index >= 15 is 0 Å². The molecule has 6 nitrogen and oxygen atoms in total. The maximum atomic E-state index is 12.3. The van der Waals surface area contributed by atoms with Gasteiger partial charge in [0.1, 0.15) is 0 Å². The van der Waals surface area contributed by atoms with Crippen LogP contribution < -0.4 is 16.4 Å². The fourth-order valence-corrected chi connectivity index (χ4v) is 3.94. The van der Waals surface area contributed by atoms with Gasteiger partial charge in [0.25, 0.3) is 0 Å². The lowest BCUT2D eigenvalue weighted by atomic mass is 9.97. The predicted octanol–water partition coefficient (Wildman–Crippen LogP) is 1.84. The van der Waals surface area contributed by atoms with Crippen molar-refractivity contribution >= 4 is 36.6 Å². The Morgan fingerprint density at radius 2 is 1.89 bits per heavy atom. The lowest BCUT2D eigenvalue weighted by Crippen LogP contribution is -2.40. The number of amides is 2. The fourth-order valence-electron chi connectivity index (χ4n) is 3.94. The lowest BCUT2D eigenvalue weighted by molar-refractivity contribution is -0.125. The van der Waals surface area contributed by atoms with Crippen LogP contribution in [0.5, 0.6) is 0 Å². The van der Waals surface area contributed by atoms with E-state index in [-0.39, 0.29) is 48.5 Å². The molecular formula is C20H32Cl2N4O2. The maximum absolute atomic E-state index is 12.3. The number of carbonyl (C=O) groups is 2. The van der Waals surface area contributed by atoms with E-state index in [1.807, 2.05) is 12.1 Å². The van der Waals surface area contributed by atoms with E-state index in [9.17, 15) is 9.59 Å². The summed E-state index contributed by atoms with van der Waals surface area (Å²) in [6.45, 7) is 4.91. The van der Waals surface area contributed by atoms with Crippen LogP contribution in [0.1, 0.15) is 36.8 Å². The molecule has 2 aliphatic heterocycles. The number of hydrogen-bond acceptors (Lipinski definition) is 4. The van der Waals surface area contributed by atoms with Crippen molar-refractivity contribution in [2.24, 2.45) is 17.6 Å². The normalized spacial score (nSPS) is 22.4. The molecule has 0 aliphatic carbocycles. The largest absolute Gasteiger partial charge is 0.369 e. The molecule has 0 radical (unpaired) electrons. The van der Waals surface area contributed by atoms with E-state index in [1.54, 1.807) is 0 Å². The first-order chi connectivity index (χ1) is 12.6. The van der Waals surface area contributed by atoms with Gasteiger partial charge in [-0.3, -0.25) is 14.5 Å². The molecule has 0 spiro atoms. The van der Waals surface area contributed by atoms with Gasteiger partial charge in [-0.25, -0.2) is 0 Å². The Hall–Kier alpha value is -1.34. The Balaban J connectivity index is 0.00000196. The minimum Gasteiger partial charge on any atom is -0.369 e. The highest BCUT2D eigenvalue weighted by molar-refractivity contribution is 5.85. The molecule has 2 atom stereocenters. The van der Waals surface area contributed by atoms with Gasteiger partial charge in [0, 0.05) is 26.2 Å². The molecule has 0 bridgehead atoms. The molecule has 28 heavy (non-hydrogen) atoms. The number of carbonyl (C=O) groups excluding carboxylic acids is 2. The minimum absolute atomic E-state index is 0. The van der Waals surface area contributed by atoms with E-state index in [0.717, 1.165) is 64.0 Å². The second-order valence-corrected chi connectivity index (χ2v) is 7.56. The van der Waals surface area contributed by atoms with Gasteiger partial charge in [-0.2, -0.15) is 0 Å². The molecule has 3 rings (SSSR count). The summed E-state index contributed by atoms with van der Waals surface area (Å²) in [5.41, 5.74) is 7.79. The number of rotatable bonds is 6. The molecule has 0 aromatic heterocycles. The monoisotopic (exact) mass is 430 g/mol. The van der Waals surface area contributed by atoms with Gasteiger partial charge in [-0.05, 0) is 49.9 Å². The third-order valence-corrected chi connectivity index (χ3v) is 5.44. The number of primary amides is 1. The summed E-state index contributed by atoms with van der Waals surface area (Å²) in [5.74, 6) is 0.00707. The molecule has 2 aliphatic rings.